The van der Waals surface area contributed by atoms with Crippen molar-refractivity contribution in [3.8, 4) is 0 Å². The number of hydrogen-bond acceptors (Lipinski definition) is 1. The van der Waals surface area contributed by atoms with Crippen molar-refractivity contribution in [3.63, 3.8) is 0 Å². The molecule has 23 heavy (non-hydrogen) atoms. The van der Waals surface area contributed by atoms with E-state index in [1.165, 1.54) is 16.7 Å². The third-order valence-corrected chi connectivity index (χ3v) is 3.94. The maximum Gasteiger partial charge on any atom is 0.129 e. The van der Waals surface area contributed by atoms with Crippen LogP contribution in [-0.2, 0) is 4.74 Å². The van der Waals surface area contributed by atoms with Gasteiger partial charge in [-0.3, -0.25) is 0 Å². The van der Waals surface area contributed by atoms with Gasteiger partial charge in [-0.25, -0.2) is 0 Å². The average Bonchev–Trinajstić information content (AvgIpc) is 2.56. The molecule has 0 aliphatic carbocycles. The fourth-order valence-corrected chi connectivity index (χ4v) is 2.01. The molecule has 0 heterocycles. The summed E-state index contributed by atoms with van der Waals surface area (Å²) in [4.78, 5) is 0. The first-order chi connectivity index (χ1) is 10.9. The number of hydrogen-bond donors (Lipinski definition) is 0. The van der Waals surface area contributed by atoms with Crippen molar-refractivity contribution >= 4 is 0 Å². The Morgan fingerprint density at radius 1 is 1.04 bits per heavy atom. The Labute approximate surface area is 143 Å². The molecule has 0 rings (SSSR count). The minimum Gasteiger partial charge on any atom is -0.496 e. The van der Waals surface area contributed by atoms with Crippen LogP contribution in [0.4, 0.5) is 0 Å². The van der Waals surface area contributed by atoms with Crippen molar-refractivity contribution in [1.82, 2.24) is 0 Å². The van der Waals surface area contributed by atoms with Crippen LogP contribution in [-0.4, -0.2) is 7.11 Å². The van der Waals surface area contributed by atoms with Crippen LogP contribution in [0.2, 0.25) is 0 Å². The predicted molar refractivity (Wildman–Crippen MR) is 104 cm³/mol. The van der Waals surface area contributed by atoms with Gasteiger partial charge in [0.15, 0.2) is 0 Å². The molecule has 0 aromatic carbocycles. The van der Waals surface area contributed by atoms with Crippen LogP contribution in [0.3, 0.4) is 0 Å². The standard InChI is InChI=1S/C22H32O/c1-9-12-13-14-19(6)22(23-8)21(16-15-17(4)10-2)20(7)18(5)11-3/h9-10,12-16H,1,11H2,2-8H3/b13-12-,16-15-,17-10-,19-14+,20-18+,22-21+. The molecule has 0 saturated heterocycles. The lowest BCUT2D eigenvalue weighted by Crippen LogP contribution is -1.98. The van der Waals surface area contributed by atoms with E-state index in [1.54, 1.807) is 13.2 Å². The fourth-order valence-electron chi connectivity index (χ4n) is 2.01. The lowest BCUT2D eigenvalue weighted by Gasteiger charge is -2.15. The van der Waals surface area contributed by atoms with E-state index in [9.17, 15) is 0 Å². The largest absolute Gasteiger partial charge is 0.496 e. The highest BCUT2D eigenvalue weighted by Crippen LogP contribution is 2.26. The van der Waals surface area contributed by atoms with Crippen LogP contribution in [0.5, 0.6) is 0 Å². The summed E-state index contributed by atoms with van der Waals surface area (Å²) in [6.07, 6.45) is 15.1. The van der Waals surface area contributed by atoms with Crippen molar-refractivity contribution in [2.75, 3.05) is 7.11 Å². The van der Waals surface area contributed by atoms with Gasteiger partial charge in [0.25, 0.3) is 0 Å². The lowest BCUT2D eigenvalue weighted by atomic mass is 9.96. The van der Waals surface area contributed by atoms with E-state index in [2.05, 4.69) is 59.4 Å². The van der Waals surface area contributed by atoms with Crippen molar-refractivity contribution in [2.45, 2.75) is 48.0 Å². The summed E-state index contributed by atoms with van der Waals surface area (Å²) in [5.41, 5.74) is 6.09. The van der Waals surface area contributed by atoms with Crippen LogP contribution in [0, 0.1) is 0 Å². The first-order valence-corrected chi connectivity index (χ1v) is 8.15. The van der Waals surface area contributed by atoms with Crippen LogP contribution >= 0.6 is 0 Å². The summed E-state index contributed by atoms with van der Waals surface area (Å²) >= 11 is 0. The van der Waals surface area contributed by atoms with Crippen LogP contribution in [0.25, 0.3) is 0 Å². The van der Waals surface area contributed by atoms with Gasteiger partial charge in [0.1, 0.15) is 5.76 Å². The molecule has 0 aliphatic rings. The Kier molecular flexibility index (Phi) is 10.5. The summed E-state index contributed by atoms with van der Waals surface area (Å²) in [5, 5.41) is 0. The van der Waals surface area contributed by atoms with E-state index in [-0.39, 0.29) is 0 Å². The highest BCUT2D eigenvalue weighted by Gasteiger charge is 2.10. The first-order valence-electron chi connectivity index (χ1n) is 8.15. The molecular formula is C22H32O. The van der Waals surface area contributed by atoms with Crippen molar-refractivity contribution in [3.05, 3.63) is 82.7 Å². The van der Waals surface area contributed by atoms with Crippen LogP contribution in [0.15, 0.2) is 82.7 Å². The summed E-state index contributed by atoms with van der Waals surface area (Å²) in [5.74, 6) is 0.907. The van der Waals surface area contributed by atoms with E-state index >= 15 is 0 Å². The fraction of sp³-hybridized carbons (Fsp3) is 0.364. The van der Waals surface area contributed by atoms with Crippen molar-refractivity contribution < 1.29 is 4.74 Å². The molecule has 126 valence electrons. The predicted octanol–water partition coefficient (Wildman–Crippen LogP) is 6.84. The minimum absolute atomic E-state index is 0.907. The molecule has 0 unspecified atom stereocenters. The Balaban J connectivity index is 6.22. The summed E-state index contributed by atoms with van der Waals surface area (Å²) in [7, 11) is 1.73. The number of methoxy groups -OCH3 is 1. The molecule has 1 heteroatoms. The third kappa shape index (κ3) is 7.19. The Bertz CT molecular complexity index is 575. The van der Waals surface area contributed by atoms with Crippen LogP contribution in [0.1, 0.15) is 48.0 Å². The molecular weight excluding hydrogens is 280 g/mol. The molecule has 0 N–H and O–H groups in total. The normalized spacial score (nSPS) is 15.8. The van der Waals surface area contributed by atoms with E-state index in [4.69, 9.17) is 4.74 Å². The second-order valence-corrected chi connectivity index (χ2v) is 5.54. The van der Waals surface area contributed by atoms with Gasteiger partial charge in [0, 0.05) is 5.57 Å². The lowest BCUT2D eigenvalue weighted by molar-refractivity contribution is 0.298. The molecule has 0 spiro atoms. The van der Waals surface area contributed by atoms with E-state index in [0.29, 0.717) is 0 Å². The second-order valence-electron chi connectivity index (χ2n) is 5.54. The topological polar surface area (TPSA) is 9.23 Å². The maximum absolute atomic E-state index is 5.73. The number of allylic oxidation sites excluding steroid dienone is 12. The molecule has 0 aliphatic heterocycles. The zero-order valence-electron chi connectivity index (χ0n) is 15.9. The molecule has 0 atom stereocenters. The Hall–Kier alpha value is -2.02. The minimum atomic E-state index is 0.907. The van der Waals surface area contributed by atoms with Crippen molar-refractivity contribution in [2.24, 2.45) is 0 Å². The molecule has 0 fully saturated rings. The third-order valence-electron chi connectivity index (χ3n) is 3.94. The molecule has 0 amide bonds. The SMILES string of the molecule is C=C\C=C/C=C(C)/C(OC)=C(/C=C\C(C)=C/C)C(\C)=C(/C)CC. The molecule has 0 aromatic heterocycles. The first kappa shape index (κ1) is 21.0. The van der Waals surface area contributed by atoms with Gasteiger partial charge in [0.2, 0.25) is 0 Å². The summed E-state index contributed by atoms with van der Waals surface area (Å²) in [6, 6.07) is 0. The Morgan fingerprint density at radius 3 is 2.17 bits per heavy atom. The van der Waals surface area contributed by atoms with Gasteiger partial charge in [-0.1, -0.05) is 67.2 Å². The van der Waals surface area contributed by atoms with Gasteiger partial charge in [-0.15, -0.1) is 0 Å². The van der Waals surface area contributed by atoms with E-state index in [1.807, 2.05) is 25.2 Å². The maximum atomic E-state index is 5.73. The van der Waals surface area contributed by atoms with Gasteiger partial charge in [0.05, 0.1) is 7.11 Å². The highest BCUT2D eigenvalue weighted by atomic mass is 16.5. The van der Waals surface area contributed by atoms with E-state index in [0.717, 1.165) is 23.3 Å². The number of ether oxygens (including phenoxy) is 1. The molecule has 0 bridgehead atoms. The van der Waals surface area contributed by atoms with Gasteiger partial charge in [-0.05, 0) is 52.2 Å². The Morgan fingerprint density at radius 2 is 1.70 bits per heavy atom. The highest BCUT2D eigenvalue weighted by molar-refractivity contribution is 5.50. The van der Waals surface area contributed by atoms with Crippen LogP contribution < -0.4 is 0 Å². The average molecular weight is 312 g/mol. The van der Waals surface area contributed by atoms with Gasteiger partial charge in [-0.2, -0.15) is 0 Å². The molecule has 1 nitrogen and oxygen atoms in total. The second kappa shape index (κ2) is 11.5. The monoisotopic (exact) mass is 312 g/mol. The molecule has 0 saturated carbocycles. The van der Waals surface area contributed by atoms with Gasteiger partial charge < -0.3 is 4.74 Å². The number of rotatable bonds is 8. The molecule has 0 radical (unpaired) electrons. The summed E-state index contributed by atoms with van der Waals surface area (Å²) in [6.45, 7) is 16.4. The van der Waals surface area contributed by atoms with Gasteiger partial charge >= 0.3 is 0 Å². The van der Waals surface area contributed by atoms with E-state index < -0.39 is 0 Å². The zero-order valence-corrected chi connectivity index (χ0v) is 15.9. The quantitative estimate of drug-likeness (QED) is 0.352. The smallest absolute Gasteiger partial charge is 0.129 e. The zero-order chi connectivity index (χ0) is 17.8. The van der Waals surface area contributed by atoms with Crippen molar-refractivity contribution in [1.29, 1.82) is 0 Å². The molecule has 0 aromatic rings. The summed E-state index contributed by atoms with van der Waals surface area (Å²) < 4.78 is 5.73.